The predicted octanol–water partition coefficient (Wildman–Crippen LogP) is 2.31. The standard InChI is InChI=1S/C12H17N5OS/c1-6-8(13)9(17-16-6)10(18)15-11-14-7(5-19-11)12(2,3)4/h5H,13H2,1-4H3,(H,16,17)(H,14,15,18). The van der Waals surface area contributed by atoms with Crippen LogP contribution in [0, 0.1) is 6.92 Å². The van der Waals surface area contributed by atoms with Crippen LogP contribution in [0.4, 0.5) is 10.8 Å². The van der Waals surface area contributed by atoms with Crippen LogP contribution in [0.15, 0.2) is 5.38 Å². The fraction of sp³-hybridized carbons (Fsp3) is 0.417. The first-order chi connectivity index (χ1) is 8.79. The monoisotopic (exact) mass is 279 g/mol. The van der Waals surface area contributed by atoms with Gasteiger partial charge in [0.2, 0.25) is 0 Å². The SMILES string of the molecule is Cc1[nH]nc(C(=O)Nc2nc(C(C)(C)C)cs2)c1N. The van der Waals surface area contributed by atoms with Crippen molar-refractivity contribution in [2.45, 2.75) is 33.1 Å². The van der Waals surface area contributed by atoms with Gasteiger partial charge in [0.25, 0.3) is 5.91 Å². The summed E-state index contributed by atoms with van der Waals surface area (Å²) in [4.78, 5) is 16.4. The lowest BCUT2D eigenvalue weighted by molar-refractivity contribution is 0.102. The minimum absolute atomic E-state index is 0.0402. The Balaban J connectivity index is 2.16. The molecule has 0 atom stereocenters. The Bertz CT molecular complexity index is 608. The fourth-order valence-electron chi connectivity index (χ4n) is 1.44. The van der Waals surface area contributed by atoms with Crippen LogP contribution in [0.3, 0.4) is 0 Å². The molecule has 0 saturated heterocycles. The van der Waals surface area contributed by atoms with Gasteiger partial charge >= 0.3 is 0 Å². The molecular weight excluding hydrogens is 262 g/mol. The van der Waals surface area contributed by atoms with Crippen molar-refractivity contribution in [1.82, 2.24) is 15.2 Å². The van der Waals surface area contributed by atoms with Gasteiger partial charge < -0.3 is 5.73 Å². The summed E-state index contributed by atoms with van der Waals surface area (Å²) in [6, 6.07) is 0. The minimum Gasteiger partial charge on any atom is -0.395 e. The van der Waals surface area contributed by atoms with Gasteiger partial charge in [0.05, 0.1) is 17.1 Å². The number of anilines is 2. The molecule has 0 aliphatic rings. The Morgan fingerprint density at radius 2 is 2.16 bits per heavy atom. The first-order valence-corrected chi connectivity index (χ1v) is 6.75. The number of aromatic nitrogens is 3. The normalized spacial score (nSPS) is 11.6. The lowest BCUT2D eigenvalue weighted by Gasteiger charge is -2.14. The van der Waals surface area contributed by atoms with Crippen molar-refractivity contribution in [1.29, 1.82) is 0 Å². The fourth-order valence-corrected chi connectivity index (χ4v) is 2.38. The topological polar surface area (TPSA) is 96.7 Å². The number of thiazole rings is 1. The average molecular weight is 279 g/mol. The number of hydrogen-bond acceptors (Lipinski definition) is 5. The minimum atomic E-state index is -0.350. The van der Waals surface area contributed by atoms with E-state index in [9.17, 15) is 4.79 Å². The van der Waals surface area contributed by atoms with E-state index >= 15 is 0 Å². The Hall–Kier alpha value is -1.89. The second kappa shape index (κ2) is 4.65. The van der Waals surface area contributed by atoms with E-state index in [0.717, 1.165) is 5.69 Å². The summed E-state index contributed by atoms with van der Waals surface area (Å²) in [7, 11) is 0. The third-order valence-corrected chi connectivity index (χ3v) is 3.46. The Morgan fingerprint density at radius 3 is 2.63 bits per heavy atom. The molecule has 1 amide bonds. The summed E-state index contributed by atoms with van der Waals surface area (Å²) >= 11 is 1.39. The molecule has 2 heterocycles. The molecule has 4 N–H and O–H groups in total. The molecule has 102 valence electrons. The maximum Gasteiger partial charge on any atom is 0.280 e. The second-order valence-corrected chi connectivity index (χ2v) is 6.21. The molecule has 0 aromatic carbocycles. The molecule has 6 nitrogen and oxygen atoms in total. The summed E-state index contributed by atoms with van der Waals surface area (Å²) in [6.07, 6.45) is 0. The van der Waals surface area contributed by atoms with Gasteiger partial charge in [-0.05, 0) is 6.92 Å². The summed E-state index contributed by atoms with van der Waals surface area (Å²) in [5.74, 6) is -0.350. The van der Waals surface area contributed by atoms with Crippen LogP contribution in [-0.4, -0.2) is 21.1 Å². The first kappa shape index (κ1) is 13.5. The van der Waals surface area contributed by atoms with E-state index in [4.69, 9.17) is 5.73 Å². The zero-order chi connectivity index (χ0) is 14.2. The molecule has 0 fully saturated rings. The Labute approximate surface area is 115 Å². The number of amides is 1. The highest BCUT2D eigenvalue weighted by Crippen LogP contribution is 2.26. The summed E-state index contributed by atoms with van der Waals surface area (Å²) < 4.78 is 0. The number of nitrogens with one attached hydrogen (secondary N) is 2. The molecule has 19 heavy (non-hydrogen) atoms. The Kier molecular flexibility index (Phi) is 3.32. The van der Waals surface area contributed by atoms with Crippen molar-refractivity contribution in [2.24, 2.45) is 0 Å². The van der Waals surface area contributed by atoms with Crippen molar-refractivity contribution in [3.63, 3.8) is 0 Å². The largest absolute Gasteiger partial charge is 0.395 e. The second-order valence-electron chi connectivity index (χ2n) is 5.35. The van der Waals surface area contributed by atoms with Gasteiger partial charge in [0.1, 0.15) is 0 Å². The Morgan fingerprint density at radius 1 is 1.47 bits per heavy atom. The molecule has 7 heteroatoms. The lowest BCUT2D eigenvalue weighted by atomic mass is 9.93. The van der Waals surface area contributed by atoms with Gasteiger partial charge in [-0.1, -0.05) is 20.8 Å². The van der Waals surface area contributed by atoms with Crippen LogP contribution in [0.25, 0.3) is 0 Å². The summed E-state index contributed by atoms with van der Waals surface area (Å²) in [5, 5.41) is 11.8. The predicted molar refractivity (Wildman–Crippen MR) is 76.5 cm³/mol. The number of carbonyl (C=O) groups is 1. The molecule has 0 aliphatic carbocycles. The molecule has 0 bridgehead atoms. The zero-order valence-corrected chi connectivity index (χ0v) is 12.2. The van der Waals surface area contributed by atoms with E-state index in [-0.39, 0.29) is 17.0 Å². The van der Waals surface area contributed by atoms with Gasteiger partial charge in [0, 0.05) is 10.8 Å². The highest BCUT2D eigenvalue weighted by molar-refractivity contribution is 7.14. The number of aromatic amines is 1. The number of H-pyrrole nitrogens is 1. The van der Waals surface area contributed by atoms with E-state index < -0.39 is 0 Å². The molecule has 2 aromatic rings. The molecule has 0 radical (unpaired) electrons. The number of aryl methyl sites for hydroxylation is 1. The van der Waals surface area contributed by atoms with E-state index in [1.54, 1.807) is 6.92 Å². The van der Waals surface area contributed by atoms with Crippen LogP contribution in [0.2, 0.25) is 0 Å². The number of rotatable bonds is 2. The molecule has 0 unspecified atom stereocenters. The summed E-state index contributed by atoms with van der Waals surface area (Å²) in [6.45, 7) is 7.98. The highest BCUT2D eigenvalue weighted by Gasteiger charge is 2.20. The molecule has 2 aromatic heterocycles. The van der Waals surface area contributed by atoms with Crippen molar-refractivity contribution in [2.75, 3.05) is 11.1 Å². The van der Waals surface area contributed by atoms with E-state index in [2.05, 4.69) is 41.3 Å². The van der Waals surface area contributed by atoms with Crippen molar-refractivity contribution in [3.8, 4) is 0 Å². The van der Waals surface area contributed by atoms with E-state index in [1.165, 1.54) is 11.3 Å². The van der Waals surface area contributed by atoms with Gasteiger partial charge in [-0.25, -0.2) is 4.98 Å². The van der Waals surface area contributed by atoms with Gasteiger partial charge in [-0.2, -0.15) is 5.10 Å². The van der Waals surface area contributed by atoms with E-state index in [0.29, 0.717) is 16.5 Å². The molecular formula is C12H17N5OS. The third-order valence-electron chi connectivity index (χ3n) is 2.70. The van der Waals surface area contributed by atoms with Gasteiger partial charge in [-0.15, -0.1) is 11.3 Å². The van der Waals surface area contributed by atoms with Crippen molar-refractivity contribution < 1.29 is 4.79 Å². The van der Waals surface area contributed by atoms with Crippen LogP contribution in [0.5, 0.6) is 0 Å². The molecule has 0 aliphatic heterocycles. The highest BCUT2D eigenvalue weighted by atomic mass is 32.1. The molecule has 0 saturated carbocycles. The van der Waals surface area contributed by atoms with Crippen LogP contribution < -0.4 is 11.1 Å². The van der Waals surface area contributed by atoms with Crippen LogP contribution in [-0.2, 0) is 5.41 Å². The molecule has 0 spiro atoms. The van der Waals surface area contributed by atoms with Gasteiger partial charge in [0.15, 0.2) is 10.8 Å². The quantitative estimate of drug-likeness (QED) is 0.785. The van der Waals surface area contributed by atoms with Gasteiger partial charge in [-0.3, -0.25) is 15.2 Å². The average Bonchev–Trinajstić information content (AvgIpc) is 2.87. The van der Waals surface area contributed by atoms with E-state index in [1.807, 2.05) is 5.38 Å². The number of nitrogens with zero attached hydrogens (tertiary/aromatic N) is 2. The maximum absolute atomic E-state index is 12.0. The maximum atomic E-state index is 12.0. The van der Waals surface area contributed by atoms with Crippen molar-refractivity contribution >= 4 is 28.1 Å². The number of hydrogen-bond donors (Lipinski definition) is 3. The number of nitrogen functional groups attached to an aromatic ring is 1. The summed E-state index contributed by atoms with van der Waals surface area (Å²) in [5.41, 5.74) is 7.91. The zero-order valence-electron chi connectivity index (χ0n) is 11.4. The lowest BCUT2D eigenvalue weighted by Crippen LogP contribution is -2.15. The first-order valence-electron chi connectivity index (χ1n) is 5.87. The molecule has 2 rings (SSSR count). The number of carbonyl (C=O) groups excluding carboxylic acids is 1. The third kappa shape index (κ3) is 2.76. The van der Waals surface area contributed by atoms with Crippen LogP contribution >= 0.6 is 11.3 Å². The smallest absolute Gasteiger partial charge is 0.280 e. The van der Waals surface area contributed by atoms with Crippen molar-refractivity contribution in [3.05, 3.63) is 22.5 Å². The number of nitrogens with two attached hydrogens (primary N) is 1. The van der Waals surface area contributed by atoms with Crippen LogP contribution in [0.1, 0.15) is 42.6 Å².